The van der Waals surface area contributed by atoms with Crippen molar-refractivity contribution in [3.63, 3.8) is 0 Å². The molecular formula is C16H15F6N3. The maximum atomic E-state index is 12.9. The first-order valence-corrected chi connectivity index (χ1v) is 7.70. The second kappa shape index (κ2) is 6.36. The van der Waals surface area contributed by atoms with Crippen LogP contribution in [0.15, 0.2) is 24.4 Å². The SMILES string of the molecule is FC(F)(F)c1cc(-c2cnc(C[C@@H]3CCCN3)[nH]2)cc(C(F)(F)F)c1. The molecule has 1 aliphatic rings. The molecule has 1 aromatic heterocycles. The molecule has 0 spiro atoms. The molecule has 3 nitrogen and oxygen atoms in total. The van der Waals surface area contributed by atoms with Crippen LogP contribution in [0.5, 0.6) is 0 Å². The van der Waals surface area contributed by atoms with Gasteiger partial charge in [0.25, 0.3) is 0 Å². The van der Waals surface area contributed by atoms with Gasteiger partial charge in [0, 0.05) is 18.0 Å². The molecule has 0 saturated carbocycles. The monoisotopic (exact) mass is 363 g/mol. The summed E-state index contributed by atoms with van der Waals surface area (Å²) in [4.78, 5) is 6.91. The highest BCUT2D eigenvalue weighted by molar-refractivity contribution is 5.61. The van der Waals surface area contributed by atoms with Crippen LogP contribution in [-0.2, 0) is 18.8 Å². The van der Waals surface area contributed by atoms with Gasteiger partial charge in [0.2, 0.25) is 0 Å². The zero-order chi connectivity index (χ0) is 18.2. The van der Waals surface area contributed by atoms with Crippen LogP contribution in [0.25, 0.3) is 11.3 Å². The topological polar surface area (TPSA) is 40.7 Å². The van der Waals surface area contributed by atoms with E-state index in [1.165, 1.54) is 6.20 Å². The molecule has 1 fully saturated rings. The average Bonchev–Trinajstić information content (AvgIpc) is 3.17. The molecule has 2 aromatic rings. The minimum absolute atomic E-state index is 0.114. The normalized spacial score (nSPS) is 18.7. The molecule has 0 bridgehead atoms. The van der Waals surface area contributed by atoms with Gasteiger partial charge in [-0.25, -0.2) is 4.98 Å². The zero-order valence-electron chi connectivity index (χ0n) is 12.9. The standard InChI is InChI=1S/C16H15F6N3/c17-15(18,19)10-4-9(5-11(6-10)16(20,21)22)13-8-24-14(25-13)7-12-2-1-3-23-12/h4-6,8,12,23H,1-3,7H2,(H,24,25)/t12-/m0/s1. The highest BCUT2D eigenvalue weighted by atomic mass is 19.4. The third-order valence-corrected chi connectivity index (χ3v) is 4.13. The predicted molar refractivity (Wildman–Crippen MR) is 78.8 cm³/mol. The molecule has 0 radical (unpaired) electrons. The van der Waals surface area contributed by atoms with E-state index in [2.05, 4.69) is 15.3 Å². The number of nitrogens with zero attached hydrogens (tertiary/aromatic N) is 1. The van der Waals surface area contributed by atoms with E-state index in [9.17, 15) is 26.3 Å². The van der Waals surface area contributed by atoms with E-state index in [0.717, 1.165) is 19.4 Å². The van der Waals surface area contributed by atoms with Crippen molar-refractivity contribution >= 4 is 0 Å². The molecule has 1 atom stereocenters. The number of imidazole rings is 1. The van der Waals surface area contributed by atoms with E-state index in [-0.39, 0.29) is 23.4 Å². The van der Waals surface area contributed by atoms with Crippen LogP contribution < -0.4 is 5.32 Å². The number of alkyl halides is 6. The number of hydrogen-bond donors (Lipinski definition) is 2. The quantitative estimate of drug-likeness (QED) is 0.793. The first-order valence-electron chi connectivity index (χ1n) is 7.70. The first kappa shape index (κ1) is 17.8. The highest BCUT2D eigenvalue weighted by Crippen LogP contribution is 2.38. The Kier molecular flexibility index (Phi) is 4.52. The number of aromatic nitrogens is 2. The molecule has 0 aliphatic carbocycles. The molecule has 1 aliphatic heterocycles. The maximum Gasteiger partial charge on any atom is 0.416 e. The van der Waals surface area contributed by atoms with Crippen molar-refractivity contribution < 1.29 is 26.3 Å². The lowest BCUT2D eigenvalue weighted by Gasteiger charge is -2.13. The van der Waals surface area contributed by atoms with Gasteiger partial charge < -0.3 is 10.3 Å². The molecule has 1 saturated heterocycles. The lowest BCUT2D eigenvalue weighted by atomic mass is 10.0. The molecule has 1 aromatic carbocycles. The van der Waals surface area contributed by atoms with Crippen LogP contribution in [0.2, 0.25) is 0 Å². The maximum absolute atomic E-state index is 12.9. The van der Waals surface area contributed by atoms with E-state index in [0.29, 0.717) is 24.4 Å². The van der Waals surface area contributed by atoms with Crippen LogP contribution in [-0.4, -0.2) is 22.6 Å². The van der Waals surface area contributed by atoms with Crippen molar-refractivity contribution in [2.24, 2.45) is 0 Å². The lowest BCUT2D eigenvalue weighted by Crippen LogP contribution is -2.24. The second-order valence-corrected chi connectivity index (χ2v) is 6.04. The van der Waals surface area contributed by atoms with Gasteiger partial charge in [-0.15, -0.1) is 0 Å². The molecular weight excluding hydrogens is 348 g/mol. The molecule has 3 rings (SSSR count). The summed E-state index contributed by atoms with van der Waals surface area (Å²) in [5.74, 6) is 0.528. The lowest BCUT2D eigenvalue weighted by molar-refractivity contribution is -0.143. The Hall–Kier alpha value is -2.03. The Morgan fingerprint density at radius 2 is 1.64 bits per heavy atom. The van der Waals surface area contributed by atoms with E-state index < -0.39 is 23.5 Å². The fraction of sp³-hybridized carbons (Fsp3) is 0.438. The molecule has 2 N–H and O–H groups in total. The third kappa shape index (κ3) is 4.15. The molecule has 136 valence electrons. The summed E-state index contributed by atoms with van der Waals surface area (Å²) in [6, 6.07) is 1.72. The number of benzene rings is 1. The molecule has 0 amide bonds. The van der Waals surface area contributed by atoms with Crippen LogP contribution >= 0.6 is 0 Å². The van der Waals surface area contributed by atoms with Crippen molar-refractivity contribution in [3.8, 4) is 11.3 Å². The highest BCUT2D eigenvalue weighted by Gasteiger charge is 2.37. The number of halogens is 6. The van der Waals surface area contributed by atoms with Crippen LogP contribution in [0.4, 0.5) is 26.3 Å². The van der Waals surface area contributed by atoms with Crippen molar-refractivity contribution in [1.82, 2.24) is 15.3 Å². The molecule has 0 unspecified atom stereocenters. The van der Waals surface area contributed by atoms with Gasteiger partial charge in [-0.05, 0) is 37.6 Å². The third-order valence-electron chi connectivity index (χ3n) is 4.13. The van der Waals surface area contributed by atoms with Gasteiger partial charge in [0.15, 0.2) is 0 Å². The molecule has 2 heterocycles. The van der Waals surface area contributed by atoms with E-state index >= 15 is 0 Å². The number of hydrogen-bond acceptors (Lipinski definition) is 2. The Bertz CT molecular complexity index is 709. The Morgan fingerprint density at radius 1 is 1.00 bits per heavy atom. The van der Waals surface area contributed by atoms with Crippen molar-refractivity contribution in [1.29, 1.82) is 0 Å². The zero-order valence-corrected chi connectivity index (χ0v) is 12.9. The number of aromatic amines is 1. The van der Waals surface area contributed by atoms with Gasteiger partial charge in [-0.3, -0.25) is 0 Å². The summed E-state index contributed by atoms with van der Waals surface area (Å²) in [7, 11) is 0. The summed E-state index contributed by atoms with van der Waals surface area (Å²) < 4.78 is 77.6. The minimum atomic E-state index is -4.87. The van der Waals surface area contributed by atoms with Crippen LogP contribution in [0, 0.1) is 0 Å². The summed E-state index contributed by atoms with van der Waals surface area (Å²) in [5.41, 5.74) is -2.75. The minimum Gasteiger partial charge on any atom is -0.342 e. The molecule has 9 heteroatoms. The van der Waals surface area contributed by atoms with E-state index in [1.54, 1.807) is 0 Å². The number of H-pyrrole nitrogens is 1. The number of nitrogens with one attached hydrogen (secondary N) is 2. The van der Waals surface area contributed by atoms with Crippen molar-refractivity contribution in [3.05, 3.63) is 41.3 Å². The largest absolute Gasteiger partial charge is 0.416 e. The van der Waals surface area contributed by atoms with Gasteiger partial charge in [0.05, 0.1) is 23.0 Å². The Morgan fingerprint density at radius 3 is 2.16 bits per heavy atom. The summed E-state index contributed by atoms with van der Waals surface area (Å²) in [6.07, 6.45) is -5.94. The Labute approximate surface area is 139 Å². The van der Waals surface area contributed by atoms with E-state index in [1.807, 2.05) is 0 Å². The first-order chi connectivity index (χ1) is 11.6. The average molecular weight is 363 g/mol. The fourth-order valence-corrected chi connectivity index (χ4v) is 2.89. The number of rotatable bonds is 3. The van der Waals surface area contributed by atoms with Crippen molar-refractivity contribution in [2.45, 2.75) is 37.7 Å². The van der Waals surface area contributed by atoms with Gasteiger partial charge in [-0.2, -0.15) is 26.3 Å². The smallest absolute Gasteiger partial charge is 0.342 e. The summed E-state index contributed by atoms with van der Waals surface area (Å²) >= 11 is 0. The summed E-state index contributed by atoms with van der Waals surface area (Å²) in [6.45, 7) is 0.890. The fourth-order valence-electron chi connectivity index (χ4n) is 2.89. The van der Waals surface area contributed by atoms with E-state index in [4.69, 9.17) is 0 Å². The van der Waals surface area contributed by atoms with Crippen molar-refractivity contribution in [2.75, 3.05) is 6.54 Å². The van der Waals surface area contributed by atoms with Crippen LogP contribution in [0.1, 0.15) is 29.8 Å². The van der Waals surface area contributed by atoms with Crippen LogP contribution in [0.3, 0.4) is 0 Å². The van der Waals surface area contributed by atoms with Gasteiger partial charge >= 0.3 is 12.4 Å². The summed E-state index contributed by atoms with van der Waals surface area (Å²) in [5, 5.41) is 3.25. The second-order valence-electron chi connectivity index (χ2n) is 6.04. The van der Waals surface area contributed by atoms with Gasteiger partial charge in [0.1, 0.15) is 5.82 Å². The van der Waals surface area contributed by atoms with Gasteiger partial charge in [-0.1, -0.05) is 0 Å². The molecule has 25 heavy (non-hydrogen) atoms. The predicted octanol–water partition coefficient (Wildman–Crippen LogP) is 4.41. The Balaban J connectivity index is 1.94.